The van der Waals surface area contributed by atoms with Crippen LogP contribution in [0.4, 0.5) is 4.79 Å². The third-order valence-electron chi connectivity index (χ3n) is 3.68. The summed E-state index contributed by atoms with van der Waals surface area (Å²) in [4.78, 5) is 16.1. The summed E-state index contributed by atoms with van der Waals surface area (Å²) in [5, 5.41) is 10.6. The molecule has 1 unspecified atom stereocenters. The van der Waals surface area contributed by atoms with Gasteiger partial charge in [-0.1, -0.05) is 30.3 Å². The predicted molar refractivity (Wildman–Crippen MR) is 90.1 cm³/mol. The first kappa shape index (κ1) is 17.8. The van der Waals surface area contributed by atoms with Gasteiger partial charge in [-0.2, -0.15) is 0 Å². The van der Waals surface area contributed by atoms with Crippen molar-refractivity contribution in [3.8, 4) is 0 Å². The minimum atomic E-state index is -0.956. The minimum Gasteiger partial charge on any atom is -0.444 e. The maximum atomic E-state index is 12.3. The molecular formula is C18H28N2O3. The summed E-state index contributed by atoms with van der Waals surface area (Å²) in [7, 11) is 0. The van der Waals surface area contributed by atoms with Crippen molar-refractivity contribution in [1.82, 2.24) is 9.80 Å². The summed E-state index contributed by atoms with van der Waals surface area (Å²) >= 11 is 0. The van der Waals surface area contributed by atoms with Gasteiger partial charge in [-0.3, -0.25) is 4.90 Å². The van der Waals surface area contributed by atoms with E-state index in [-0.39, 0.29) is 12.6 Å². The summed E-state index contributed by atoms with van der Waals surface area (Å²) in [6.07, 6.45) is -0.362. The van der Waals surface area contributed by atoms with Gasteiger partial charge in [0.25, 0.3) is 0 Å². The van der Waals surface area contributed by atoms with Crippen molar-refractivity contribution in [1.29, 1.82) is 0 Å². The molecule has 1 aromatic carbocycles. The molecule has 1 heterocycles. The van der Waals surface area contributed by atoms with E-state index in [4.69, 9.17) is 4.74 Å². The molecule has 128 valence electrons. The van der Waals surface area contributed by atoms with Crippen molar-refractivity contribution in [3.05, 3.63) is 35.9 Å². The summed E-state index contributed by atoms with van der Waals surface area (Å²) in [6.45, 7) is 10.2. The van der Waals surface area contributed by atoms with Crippen LogP contribution in [-0.2, 0) is 11.3 Å². The summed E-state index contributed by atoms with van der Waals surface area (Å²) < 4.78 is 5.44. The number of benzene rings is 1. The molecule has 5 heteroatoms. The molecule has 0 aromatic heterocycles. The Morgan fingerprint density at radius 2 is 1.87 bits per heavy atom. The van der Waals surface area contributed by atoms with Gasteiger partial charge in [-0.05, 0) is 33.3 Å². The highest BCUT2D eigenvalue weighted by Gasteiger charge is 2.34. The first-order valence-electron chi connectivity index (χ1n) is 8.11. The van der Waals surface area contributed by atoms with E-state index >= 15 is 0 Å². The van der Waals surface area contributed by atoms with Crippen molar-refractivity contribution in [2.45, 2.75) is 45.4 Å². The molecule has 1 saturated heterocycles. The molecular weight excluding hydrogens is 292 g/mol. The normalized spacial score (nSPS) is 23.4. The van der Waals surface area contributed by atoms with Crippen LogP contribution in [0.3, 0.4) is 0 Å². The van der Waals surface area contributed by atoms with Crippen molar-refractivity contribution in [2.75, 3.05) is 26.2 Å². The zero-order chi connectivity index (χ0) is 17.1. The topological polar surface area (TPSA) is 53.0 Å². The molecule has 0 aliphatic carbocycles. The lowest BCUT2D eigenvalue weighted by Gasteiger charge is -2.31. The average Bonchev–Trinajstić information content (AvgIpc) is 2.56. The Balaban J connectivity index is 2.02. The van der Waals surface area contributed by atoms with Gasteiger partial charge < -0.3 is 14.7 Å². The number of β-amino-alcohol motifs (C(OH)–C–C–N with tert-alkyl or cyclic N) is 1. The van der Waals surface area contributed by atoms with Gasteiger partial charge in [0.15, 0.2) is 0 Å². The van der Waals surface area contributed by atoms with Crippen LogP contribution in [0.5, 0.6) is 0 Å². The van der Waals surface area contributed by atoms with E-state index in [9.17, 15) is 9.90 Å². The van der Waals surface area contributed by atoms with Crippen molar-refractivity contribution in [2.24, 2.45) is 0 Å². The number of carbonyl (C=O) groups excluding carboxylic acids is 1. The lowest BCUT2D eigenvalue weighted by molar-refractivity contribution is -0.00754. The Morgan fingerprint density at radius 1 is 1.22 bits per heavy atom. The van der Waals surface area contributed by atoms with Crippen molar-refractivity contribution in [3.63, 3.8) is 0 Å². The maximum absolute atomic E-state index is 12.3. The van der Waals surface area contributed by atoms with Crippen LogP contribution in [0.25, 0.3) is 0 Å². The second-order valence-corrected chi connectivity index (χ2v) is 7.60. The van der Waals surface area contributed by atoms with Gasteiger partial charge in [0.2, 0.25) is 0 Å². The molecule has 23 heavy (non-hydrogen) atoms. The van der Waals surface area contributed by atoms with Gasteiger partial charge in [-0.15, -0.1) is 0 Å². The molecule has 0 bridgehead atoms. The third-order valence-corrected chi connectivity index (χ3v) is 3.68. The molecule has 1 atom stereocenters. The fourth-order valence-corrected chi connectivity index (χ4v) is 2.82. The Hall–Kier alpha value is -1.59. The Bertz CT molecular complexity index is 523. The molecule has 0 radical (unpaired) electrons. The molecule has 1 aliphatic rings. The summed E-state index contributed by atoms with van der Waals surface area (Å²) in [5.41, 5.74) is -0.282. The molecule has 1 amide bonds. The summed E-state index contributed by atoms with van der Waals surface area (Å²) in [5.74, 6) is 0. The van der Waals surface area contributed by atoms with E-state index in [2.05, 4.69) is 17.0 Å². The second-order valence-electron chi connectivity index (χ2n) is 7.60. The zero-order valence-corrected chi connectivity index (χ0v) is 14.6. The largest absolute Gasteiger partial charge is 0.444 e. The Morgan fingerprint density at radius 3 is 2.48 bits per heavy atom. The van der Waals surface area contributed by atoms with E-state index in [1.807, 2.05) is 39.0 Å². The maximum Gasteiger partial charge on any atom is 0.410 e. The number of carbonyl (C=O) groups is 1. The highest BCUT2D eigenvalue weighted by atomic mass is 16.6. The second kappa shape index (κ2) is 6.89. The average molecular weight is 320 g/mol. The van der Waals surface area contributed by atoms with Crippen molar-refractivity contribution >= 4 is 6.09 Å². The number of hydrogen-bond donors (Lipinski definition) is 1. The van der Waals surface area contributed by atoms with Gasteiger partial charge in [0, 0.05) is 26.2 Å². The quantitative estimate of drug-likeness (QED) is 0.909. The van der Waals surface area contributed by atoms with E-state index in [0.29, 0.717) is 19.6 Å². The number of nitrogens with zero attached hydrogens (tertiary/aromatic N) is 2. The number of hydrogen-bond acceptors (Lipinski definition) is 4. The SMILES string of the molecule is CC1(O)CN(Cc2ccccc2)CCN(C(=O)OC(C)(C)C)C1. The molecule has 1 N–H and O–H groups in total. The molecule has 0 spiro atoms. The fraction of sp³-hybridized carbons (Fsp3) is 0.611. The Kier molecular flexibility index (Phi) is 5.32. The highest BCUT2D eigenvalue weighted by molar-refractivity contribution is 5.68. The van der Waals surface area contributed by atoms with Gasteiger partial charge in [0.1, 0.15) is 5.60 Å². The minimum absolute atomic E-state index is 0.285. The van der Waals surface area contributed by atoms with Gasteiger partial charge >= 0.3 is 6.09 Å². The van der Waals surface area contributed by atoms with Crippen molar-refractivity contribution < 1.29 is 14.6 Å². The third kappa shape index (κ3) is 5.84. The van der Waals surface area contributed by atoms with Crippen LogP contribution in [0.1, 0.15) is 33.3 Å². The number of amides is 1. The molecule has 1 fully saturated rings. The van der Waals surface area contributed by atoms with Crippen LogP contribution >= 0.6 is 0 Å². The lowest BCUT2D eigenvalue weighted by atomic mass is 10.1. The standard InChI is InChI=1S/C18H28N2O3/c1-17(2,3)23-16(21)20-11-10-19(13-18(4,22)14-20)12-15-8-6-5-7-9-15/h5-9,22H,10-14H2,1-4H3. The molecule has 2 rings (SSSR count). The lowest BCUT2D eigenvalue weighted by Crippen LogP contribution is -2.47. The van der Waals surface area contributed by atoms with Gasteiger partial charge in [-0.25, -0.2) is 4.79 Å². The molecule has 1 aliphatic heterocycles. The number of ether oxygens (including phenoxy) is 1. The Labute approximate surface area is 138 Å². The van der Waals surface area contributed by atoms with E-state index in [1.54, 1.807) is 11.8 Å². The van der Waals surface area contributed by atoms with E-state index < -0.39 is 11.2 Å². The van der Waals surface area contributed by atoms with E-state index in [1.165, 1.54) is 5.56 Å². The summed E-state index contributed by atoms with van der Waals surface area (Å²) in [6, 6.07) is 10.2. The smallest absolute Gasteiger partial charge is 0.410 e. The van der Waals surface area contributed by atoms with Crippen LogP contribution in [0.15, 0.2) is 30.3 Å². The highest BCUT2D eigenvalue weighted by Crippen LogP contribution is 2.18. The predicted octanol–water partition coefficient (Wildman–Crippen LogP) is 2.49. The first-order valence-corrected chi connectivity index (χ1v) is 8.11. The van der Waals surface area contributed by atoms with Crippen LogP contribution < -0.4 is 0 Å². The van der Waals surface area contributed by atoms with Gasteiger partial charge in [0.05, 0.1) is 12.1 Å². The number of rotatable bonds is 2. The van der Waals surface area contributed by atoms with E-state index in [0.717, 1.165) is 6.54 Å². The number of aliphatic hydroxyl groups is 1. The first-order chi connectivity index (χ1) is 10.6. The van der Waals surface area contributed by atoms with Crippen LogP contribution in [0.2, 0.25) is 0 Å². The van der Waals surface area contributed by atoms with Crippen LogP contribution in [-0.4, -0.2) is 58.4 Å². The molecule has 0 saturated carbocycles. The molecule has 1 aromatic rings. The zero-order valence-electron chi connectivity index (χ0n) is 14.6. The fourth-order valence-electron chi connectivity index (χ4n) is 2.82. The monoisotopic (exact) mass is 320 g/mol. The molecule has 5 nitrogen and oxygen atoms in total. The van der Waals surface area contributed by atoms with Crippen LogP contribution in [0, 0.1) is 0 Å².